The Labute approximate surface area is 109 Å². The first-order valence-electron chi connectivity index (χ1n) is 6.41. The van der Waals surface area contributed by atoms with E-state index in [9.17, 15) is 4.79 Å². The number of hydrogen-bond acceptors (Lipinski definition) is 3. The molecule has 0 saturated carbocycles. The summed E-state index contributed by atoms with van der Waals surface area (Å²) < 4.78 is 0. The lowest BCUT2D eigenvalue weighted by Gasteiger charge is -2.25. The standard InChI is InChI=1S/C14H23NOS/c1-4-13(16)7-5-9-15(12(2)3)11-14-8-6-10-17-14/h6,8,10,12H,4-5,7,9,11H2,1-3H3. The second kappa shape index (κ2) is 7.62. The molecule has 0 saturated heterocycles. The number of ketones is 1. The molecule has 0 bridgehead atoms. The first-order chi connectivity index (χ1) is 8.13. The molecule has 0 aliphatic heterocycles. The minimum absolute atomic E-state index is 0.379. The van der Waals surface area contributed by atoms with E-state index in [1.807, 2.05) is 6.92 Å². The van der Waals surface area contributed by atoms with Gasteiger partial charge in [0.1, 0.15) is 5.78 Å². The Morgan fingerprint density at radius 1 is 1.47 bits per heavy atom. The summed E-state index contributed by atoms with van der Waals surface area (Å²) in [6.45, 7) is 8.40. The van der Waals surface area contributed by atoms with Crippen molar-refractivity contribution in [3.8, 4) is 0 Å². The van der Waals surface area contributed by atoms with Gasteiger partial charge in [0.05, 0.1) is 0 Å². The van der Waals surface area contributed by atoms with Gasteiger partial charge >= 0.3 is 0 Å². The molecule has 0 aromatic carbocycles. The third-order valence-corrected chi connectivity index (χ3v) is 3.83. The summed E-state index contributed by atoms with van der Waals surface area (Å²) in [5, 5.41) is 2.12. The Hall–Kier alpha value is -0.670. The number of nitrogens with zero attached hydrogens (tertiary/aromatic N) is 1. The zero-order chi connectivity index (χ0) is 12.7. The molecule has 0 fully saturated rings. The van der Waals surface area contributed by atoms with Crippen LogP contribution in [0.2, 0.25) is 0 Å². The zero-order valence-corrected chi connectivity index (χ0v) is 11.9. The lowest BCUT2D eigenvalue weighted by molar-refractivity contribution is -0.118. The molecule has 1 aromatic heterocycles. The third-order valence-electron chi connectivity index (χ3n) is 2.96. The molecule has 0 atom stereocenters. The molecule has 0 N–H and O–H groups in total. The van der Waals surface area contributed by atoms with Crippen molar-refractivity contribution in [1.82, 2.24) is 4.90 Å². The lowest BCUT2D eigenvalue weighted by atomic mass is 10.1. The van der Waals surface area contributed by atoms with E-state index in [2.05, 4.69) is 36.3 Å². The highest BCUT2D eigenvalue weighted by molar-refractivity contribution is 7.09. The fourth-order valence-corrected chi connectivity index (χ4v) is 2.51. The largest absolute Gasteiger partial charge is 0.300 e. The normalized spacial score (nSPS) is 11.4. The molecular formula is C14H23NOS. The van der Waals surface area contributed by atoms with Gasteiger partial charge < -0.3 is 0 Å². The van der Waals surface area contributed by atoms with Crippen molar-refractivity contribution in [3.63, 3.8) is 0 Å². The topological polar surface area (TPSA) is 20.3 Å². The van der Waals surface area contributed by atoms with Crippen molar-refractivity contribution in [2.45, 2.75) is 52.6 Å². The Morgan fingerprint density at radius 2 is 2.24 bits per heavy atom. The fourth-order valence-electron chi connectivity index (χ4n) is 1.78. The summed E-state index contributed by atoms with van der Waals surface area (Å²) in [7, 11) is 0. The average molecular weight is 253 g/mol. The van der Waals surface area contributed by atoms with Crippen LogP contribution in [0.4, 0.5) is 0 Å². The monoisotopic (exact) mass is 253 g/mol. The molecule has 0 spiro atoms. The SMILES string of the molecule is CCC(=O)CCCN(Cc1cccs1)C(C)C. The van der Waals surface area contributed by atoms with Gasteiger partial charge in [0, 0.05) is 30.3 Å². The van der Waals surface area contributed by atoms with E-state index in [1.165, 1.54) is 4.88 Å². The number of hydrogen-bond donors (Lipinski definition) is 0. The predicted octanol–water partition coefficient (Wildman–Crippen LogP) is 3.72. The highest BCUT2D eigenvalue weighted by atomic mass is 32.1. The van der Waals surface area contributed by atoms with Crippen molar-refractivity contribution >= 4 is 17.1 Å². The lowest BCUT2D eigenvalue weighted by Crippen LogP contribution is -2.31. The maximum Gasteiger partial charge on any atom is 0.132 e. The van der Waals surface area contributed by atoms with E-state index < -0.39 is 0 Å². The van der Waals surface area contributed by atoms with Crippen LogP contribution < -0.4 is 0 Å². The summed E-state index contributed by atoms with van der Waals surface area (Å²) in [6.07, 6.45) is 2.38. The van der Waals surface area contributed by atoms with E-state index in [0.29, 0.717) is 18.2 Å². The molecule has 17 heavy (non-hydrogen) atoms. The minimum Gasteiger partial charge on any atom is -0.300 e. The van der Waals surface area contributed by atoms with Crippen LogP contribution in [0.3, 0.4) is 0 Å². The van der Waals surface area contributed by atoms with Gasteiger partial charge in [-0.05, 0) is 38.3 Å². The second-order valence-corrected chi connectivity index (χ2v) is 5.67. The van der Waals surface area contributed by atoms with Crippen LogP contribution in [0, 0.1) is 0 Å². The first kappa shape index (κ1) is 14.4. The predicted molar refractivity (Wildman–Crippen MR) is 74.4 cm³/mol. The second-order valence-electron chi connectivity index (χ2n) is 4.64. The van der Waals surface area contributed by atoms with Crippen LogP contribution in [-0.4, -0.2) is 23.3 Å². The zero-order valence-electron chi connectivity index (χ0n) is 11.1. The van der Waals surface area contributed by atoms with Crippen LogP contribution in [0.1, 0.15) is 44.9 Å². The molecule has 0 amide bonds. The van der Waals surface area contributed by atoms with Crippen LogP contribution >= 0.6 is 11.3 Å². The number of Topliss-reactive ketones (excluding diaryl/α,β-unsaturated/α-hetero) is 1. The van der Waals surface area contributed by atoms with Gasteiger partial charge in [-0.1, -0.05) is 13.0 Å². The van der Waals surface area contributed by atoms with Crippen LogP contribution in [0.25, 0.3) is 0 Å². The van der Waals surface area contributed by atoms with E-state index in [4.69, 9.17) is 0 Å². The minimum atomic E-state index is 0.379. The molecular weight excluding hydrogens is 230 g/mol. The van der Waals surface area contributed by atoms with Crippen LogP contribution in [0.5, 0.6) is 0 Å². The van der Waals surface area contributed by atoms with Crippen molar-refractivity contribution < 1.29 is 4.79 Å². The van der Waals surface area contributed by atoms with Gasteiger partial charge in [0.15, 0.2) is 0 Å². The molecule has 0 radical (unpaired) electrons. The van der Waals surface area contributed by atoms with Gasteiger partial charge in [0.2, 0.25) is 0 Å². The quantitative estimate of drug-likeness (QED) is 0.704. The van der Waals surface area contributed by atoms with Crippen molar-refractivity contribution in [3.05, 3.63) is 22.4 Å². The van der Waals surface area contributed by atoms with Gasteiger partial charge in [0.25, 0.3) is 0 Å². The highest BCUT2D eigenvalue weighted by Crippen LogP contribution is 2.14. The van der Waals surface area contributed by atoms with Gasteiger partial charge in [-0.2, -0.15) is 0 Å². The smallest absolute Gasteiger partial charge is 0.132 e. The highest BCUT2D eigenvalue weighted by Gasteiger charge is 2.11. The van der Waals surface area contributed by atoms with Gasteiger partial charge in [-0.3, -0.25) is 9.69 Å². The van der Waals surface area contributed by atoms with Crippen molar-refractivity contribution in [2.75, 3.05) is 6.54 Å². The van der Waals surface area contributed by atoms with Crippen molar-refractivity contribution in [1.29, 1.82) is 0 Å². The molecule has 1 aromatic rings. The summed E-state index contributed by atoms with van der Waals surface area (Å²) in [4.78, 5) is 15.1. The Morgan fingerprint density at radius 3 is 2.76 bits per heavy atom. The van der Waals surface area contributed by atoms with Crippen LogP contribution in [0.15, 0.2) is 17.5 Å². The Bertz CT molecular complexity index is 319. The molecule has 0 aliphatic carbocycles. The number of carbonyl (C=O) groups is 1. The maximum absolute atomic E-state index is 11.3. The molecule has 0 unspecified atom stereocenters. The third kappa shape index (κ3) is 5.46. The maximum atomic E-state index is 11.3. The molecule has 3 heteroatoms. The molecule has 96 valence electrons. The summed E-state index contributed by atoms with van der Waals surface area (Å²) in [5.41, 5.74) is 0. The summed E-state index contributed by atoms with van der Waals surface area (Å²) in [5.74, 6) is 0.379. The van der Waals surface area contributed by atoms with Crippen molar-refractivity contribution in [2.24, 2.45) is 0 Å². The number of thiophene rings is 1. The molecule has 2 nitrogen and oxygen atoms in total. The molecule has 0 aliphatic rings. The first-order valence-corrected chi connectivity index (χ1v) is 7.29. The van der Waals surface area contributed by atoms with E-state index >= 15 is 0 Å². The van der Waals surface area contributed by atoms with E-state index in [-0.39, 0.29) is 0 Å². The summed E-state index contributed by atoms with van der Waals surface area (Å²) >= 11 is 1.80. The Kier molecular flexibility index (Phi) is 6.45. The molecule has 1 heterocycles. The van der Waals surface area contributed by atoms with E-state index in [1.54, 1.807) is 11.3 Å². The van der Waals surface area contributed by atoms with Gasteiger partial charge in [-0.15, -0.1) is 11.3 Å². The number of rotatable bonds is 8. The van der Waals surface area contributed by atoms with E-state index in [0.717, 1.165) is 25.9 Å². The Balaban J connectivity index is 2.36. The molecule has 1 rings (SSSR count). The average Bonchev–Trinajstić information content (AvgIpc) is 2.80. The van der Waals surface area contributed by atoms with Gasteiger partial charge in [-0.25, -0.2) is 0 Å². The fraction of sp³-hybridized carbons (Fsp3) is 0.643. The number of carbonyl (C=O) groups excluding carboxylic acids is 1. The summed E-state index contributed by atoms with van der Waals surface area (Å²) in [6, 6.07) is 4.81. The van der Waals surface area contributed by atoms with Crippen LogP contribution in [-0.2, 0) is 11.3 Å².